The maximum atomic E-state index is 15.1. The molecule has 0 spiro atoms. The minimum atomic E-state index is -0.835. The number of ketones is 1. The molecule has 1 aliphatic carbocycles. The first-order valence-corrected chi connectivity index (χ1v) is 12.2. The average Bonchev–Trinajstić information content (AvgIpc) is 2.87. The van der Waals surface area contributed by atoms with Gasteiger partial charge in [0.15, 0.2) is 17.3 Å². The Morgan fingerprint density at radius 2 is 1.83 bits per heavy atom. The summed E-state index contributed by atoms with van der Waals surface area (Å²) >= 11 is 0. The van der Waals surface area contributed by atoms with Crippen LogP contribution in [0.5, 0.6) is 11.5 Å². The number of dihydropyridines is 1. The Hall–Kier alpha value is -3.61. The Morgan fingerprint density at radius 3 is 2.50 bits per heavy atom. The number of Topliss-reactive ketones (excluding diaryl/α,β-unsaturated/α-hetero) is 1. The lowest BCUT2D eigenvalue weighted by Gasteiger charge is -2.37. The van der Waals surface area contributed by atoms with Gasteiger partial charge in [-0.3, -0.25) is 4.79 Å². The molecule has 2 aliphatic rings. The molecule has 0 bridgehead atoms. The fraction of sp³-hybridized carbons (Fsp3) is 0.379. The number of carbonyl (C=O) groups excluding carboxylic acids is 2. The molecule has 0 amide bonds. The highest BCUT2D eigenvalue weighted by Gasteiger charge is 2.42. The van der Waals surface area contributed by atoms with Crippen molar-refractivity contribution < 1.29 is 28.2 Å². The van der Waals surface area contributed by atoms with Crippen LogP contribution in [0.25, 0.3) is 0 Å². The molecule has 2 aromatic rings. The average molecular weight is 494 g/mol. The van der Waals surface area contributed by atoms with Gasteiger partial charge in [0.05, 0.1) is 31.8 Å². The van der Waals surface area contributed by atoms with E-state index in [1.807, 2.05) is 32.0 Å². The van der Waals surface area contributed by atoms with Crippen molar-refractivity contribution in [3.63, 3.8) is 0 Å². The number of halogens is 1. The van der Waals surface area contributed by atoms with Crippen LogP contribution < -0.4 is 14.8 Å². The molecular formula is C29H32FNO5. The second kappa shape index (κ2) is 10.6. The summed E-state index contributed by atoms with van der Waals surface area (Å²) in [5.41, 5.74) is 3.21. The number of allylic oxidation sites excluding steroid dienone is 3. The monoisotopic (exact) mass is 493 g/mol. The molecule has 1 N–H and O–H groups in total. The molecule has 190 valence electrons. The van der Waals surface area contributed by atoms with Crippen LogP contribution in [0.15, 0.2) is 65.0 Å². The van der Waals surface area contributed by atoms with Crippen molar-refractivity contribution in [3.8, 4) is 11.5 Å². The molecule has 3 atom stereocenters. The Morgan fingerprint density at radius 1 is 1.11 bits per heavy atom. The molecule has 0 saturated heterocycles. The fourth-order valence-corrected chi connectivity index (χ4v) is 5.00. The highest BCUT2D eigenvalue weighted by Crippen LogP contribution is 2.47. The summed E-state index contributed by atoms with van der Waals surface area (Å²) in [6.07, 6.45) is 1.11. The van der Waals surface area contributed by atoms with Crippen LogP contribution in [0.3, 0.4) is 0 Å². The van der Waals surface area contributed by atoms with Gasteiger partial charge in [0, 0.05) is 29.0 Å². The second-order valence-corrected chi connectivity index (χ2v) is 9.28. The Kier molecular flexibility index (Phi) is 7.48. The number of rotatable bonds is 7. The molecule has 1 heterocycles. The maximum absolute atomic E-state index is 15.1. The normalized spacial score (nSPS) is 20.4. The lowest BCUT2D eigenvalue weighted by Crippen LogP contribution is -2.36. The molecule has 6 nitrogen and oxygen atoms in total. The van der Waals surface area contributed by atoms with Crippen LogP contribution in [-0.4, -0.2) is 32.1 Å². The van der Waals surface area contributed by atoms with E-state index < -0.39 is 17.7 Å². The van der Waals surface area contributed by atoms with E-state index in [1.165, 1.54) is 6.07 Å². The lowest BCUT2D eigenvalue weighted by molar-refractivity contribution is -0.144. The second-order valence-electron chi connectivity index (χ2n) is 9.28. The van der Waals surface area contributed by atoms with Gasteiger partial charge in [0.25, 0.3) is 0 Å². The lowest BCUT2D eigenvalue weighted by atomic mass is 9.71. The van der Waals surface area contributed by atoms with Crippen LogP contribution >= 0.6 is 0 Å². The third-order valence-corrected chi connectivity index (χ3v) is 7.03. The zero-order valence-electron chi connectivity index (χ0n) is 21.3. The summed E-state index contributed by atoms with van der Waals surface area (Å²) in [6.45, 7) is 5.51. The molecular weight excluding hydrogens is 461 g/mol. The molecule has 4 rings (SSSR count). The van der Waals surface area contributed by atoms with E-state index in [4.69, 9.17) is 14.2 Å². The largest absolute Gasteiger partial charge is 0.493 e. The molecule has 0 fully saturated rings. The van der Waals surface area contributed by atoms with Crippen molar-refractivity contribution in [3.05, 3.63) is 81.9 Å². The first kappa shape index (κ1) is 25.5. The van der Waals surface area contributed by atoms with Gasteiger partial charge in [-0.1, -0.05) is 31.2 Å². The van der Waals surface area contributed by atoms with E-state index in [2.05, 4.69) is 5.32 Å². The molecule has 2 aromatic carbocycles. The first-order valence-electron chi connectivity index (χ1n) is 12.2. The maximum Gasteiger partial charge on any atom is 0.337 e. The summed E-state index contributed by atoms with van der Waals surface area (Å²) in [5.74, 6) is -0.866. The number of hydrogen-bond donors (Lipinski definition) is 1. The summed E-state index contributed by atoms with van der Waals surface area (Å²) in [5, 5.41) is 3.30. The van der Waals surface area contributed by atoms with E-state index in [9.17, 15) is 9.59 Å². The summed E-state index contributed by atoms with van der Waals surface area (Å²) in [6, 6.07) is 11.9. The SMILES string of the molecule is CC[C@H](C)OC(=O)C1=C(C)NC2=C(C(=O)C[C@@H](c3ccc(OC)c(OC)c3)C2)[C@@H]1c1ccccc1F. The predicted octanol–water partition coefficient (Wildman–Crippen LogP) is 5.55. The van der Waals surface area contributed by atoms with E-state index >= 15 is 4.39 Å². The minimum absolute atomic E-state index is 0.105. The highest BCUT2D eigenvalue weighted by molar-refractivity contribution is 6.04. The highest BCUT2D eigenvalue weighted by atomic mass is 19.1. The third-order valence-electron chi connectivity index (χ3n) is 7.03. The van der Waals surface area contributed by atoms with Crippen LogP contribution in [0.2, 0.25) is 0 Å². The molecule has 0 saturated carbocycles. The van der Waals surface area contributed by atoms with Crippen molar-refractivity contribution in [2.24, 2.45) is 0 Å². The van der Waals surface area contributed by atoms with Crippen molar-refractivity contribution in [1.29, 1.82) is 0 Å². The van der Waals surface area contributed by atoms with Gasteiger partial charge in [-0.2, -0.15) is 0 Å². The van der Waals surface area contributed by atoms with Gasteiger partial charge in [-0.15, -0.1) is 0 Å². The smallest absolute Gasteiger partial charge is 0.337 e. The number of esters is 1. The quantitative estimate of drug-likeness (QED) is 0.510. The van der Waals surface area contributed by atoms with Gasteiger partial charge >= 0.3 is 5.97 Å². The van der Waals surface area contributed by atoms with E-state index in [-0.39, 0.29) is 29.8 Å². The van der Waals surface area contributed by atoms with Crippen molar-refractivity contribution in [2.75, 3.05) is 14.2 Å². The Bertz CT molecular complexity index is 1250. The third kappa shape index (κ3) is 4.74. The Balaban J connectivity index is 1.77. The molecule has 0 aromatic heterocycles. The number of carbonyl (C=O) groups is 2. The summed E-state index contributed by atoms with van der Waals surface area (Å²) in [7, 11) is 3.15. The van der Waals surface area contributed by atoms with Gasteiger partial charge in [0.2, 0.25) is 0 Å². The van der Waals surface area contributed by atoms with Crippen molar-refractivity contribution in [1.82, 2.24) is 5.32 Å². The fourth-order valence-electron chi connectivity index (χ4n) is 5.00. The zero-order valence-corrected chi connectivity index (χ0v) is 21.3. The van der Waals surface area contributed by atoms with Gasteiger partial charge < -0.3 is 19.5 Å². The molecule has 36 heavy (non-hydrogen) atoms. The van der Waals surface area contributed by atoms with Crippen molar-refractivity contribution >= 4 is 11.8 Å². The standard InChI is InChI=1S/C29H32FNO5/c1-6-16(2)36-29(33)26-17(3)31-22-13-19(18-11-12-24(34-4)25(15-18)35-5)14-23(32)28(22)27(26)20-9-7-8-10-21(20)30/h7-12,15-16,19,27,31H,6,13-14H2,1-5H3/t16-,19-,27+/m0/s1. The van der Waals surface area contributed by atoms with E-state index in [0.29, 0.717) is 46.9 Å². The van der Waals surface area contributed by atoms with Crippen molar-refractivity contribution in [2.45, 2.75) is 58.0 Å². The molecule has 1 aliphatic heterocycles. The predicted molar refractivity (Wildman–Crippen MR) is 134 cm³/mol. The van der Waals surface area contributed by atoms with Gasteiger partial charge in [-0.25, -0.2) is 9.18 Å². The number of nitrogens with one attached hydrogen (secondary N) is 1. The number of hydrogen-bond acceptors (Lipinski definition) is 6. The van der Waals surface area contributed by atoms with Crippen LogP contribution in [0.1, 0.15) is 63.0 Å². The Labute approximate surface area is 211 Å². The van der Waals surface area contributed by atoms with Gasteiger partial charge in [0.1, 0.15) is 5.82 Å². The van der Waals surface area contributed by atoms with Crippen LogP contribution in [0.4, 0.5) is 4.39 Å². The zero-order chi connectivity index (χ0) is 26.0. The van der Waals surface area contributed by atoms with Crippen LogP contribution in [-0.2, 0) is 14.3 Å². The first-order chi connectivity index (χ1) is 17.3. The van der Waals surface area contributed by atoms with E-state index in [0.717, 1.165) is 5.56 Å². The molecule has 7 heteroatoms. The van der Waals surface area contributed by atoms with Gasteiger partial charge in [-0.05, 0) is 56.4 Å². The number of methoxy groups -OCH3 is 2. The summed E-state index contributed by atoms with van der Waals surface area (Å²) < 4.78 is 31.5. The van der Waals surface area contributed by atoms with Crippen LogP contribution in [0, 0.1) is 5.82 Å². The van der Waals surface area contributed by atoms with E-state index in [1.54, 1.807) is 39.3 Å². The minimum Gasteiger partial charge on any atom is -0.493 e. The number of ether oxygens (including phenoxy) is 3. The summed E-state index contributed by atoms with van der Waals surface area (Å²) in [4.78, 5) is 27.0. The topological polar surface area (TPSA) is 73.9 Å². The molecule has 0 unspecified atom stereocenters. The molecule has 0 radical (unpaired) electrons. The number of benzene rings is 2.